The van der Waals surface area contributed by atoms with Crippen molar-refractivity contribution in [3.05, 3.63) is 39.9 Å². The van der Waals surface area contributed by atoms with Gasteiger partial charge in [-0.2, -0.15) is 4.31 Å². The average Bonchev–Trinajstić information content (AvgIpc) is 2.82. The first-order valence-corrected chi connectivity index (χ1v) is 10.9. The molecular weight excluding hydrogens is 411 g/mol. The second kappa shape index (κ2) is 6.58. The van der Waals surface area contributed by atoms with E-state index in [9.17, 15) is 18.0 Å². The highest BCUT2D eigenvalue weighted by molar-refractivity contribution is 7.89. The fourth-order valence-electron chi connectivity index (χ4n) is 3.93. The standard InChI is InChI=1S/C18H18Cl2N2O4S/c1-10-6-16(15(20)7-14(10)19)27(25,26)21-8-11(9-21)22-17(23)12-4-2-3-5-13(12)18(22)24/h2-3,6-7,11-13H,4-5,8-9H2,1H3/t12-,13+. The second-order valence-electron chi connectivity index (χ2n) is 7.21. The Hall–Kier alpha value is -1.41. The average molecular weight is 429 g/mol. The molecule has 0 spiro atoms. The van der Waals surface area contributed by atoms with E-state index in [2.05, 4.69) is 0 Å². The molecule has 2 aliphatic heterocycles. The number of fused-ring (bicyclic) bond motifs is 1. The van der Waals surface area contributed by atoms with Crippen LogP contribution in [0.2, 0.25) is 10.0 Å². The molecular formula is C18H18Cl2N2O4S. The summed E-state index contributed by atoms with van der Waals surface area (Å²) in [5.41, 5.74) is 0.609. The van der Waals surface area contributed by atoms with Gasteiger partial charge < -0.3 is 0 Å². The zero-order valence-corrected chi connectivity index (χ0v) is 16.9. The first kappa shape index (κ1) is 18.9. The van der Waals surface area contributed by atoms with Gasteiger partial charge in [0.15, 0.2) is 0 Å². The molecule has 0 bridgehead atoms. The molecule has 0 unspecified atom stereocenters. The minimum atomic E-state index is -3.81. The number of nitrogens with zero attached hydrogens (tertiary/aromatic N) is 2. The van der Waals surface area contributed by atoms with Gasteiger partial charge >= 0.3 is 0 Å². The van der Waals surface area contributed by atoms with Gasteiger partial charge in [0, 0.05) is 18.1 Å². The van der Waals surface area contributed by atoms with E-state index in [4.69, 9.17) is 23.2 Å². The molecule has 2 amide bonds. The molecule has 9 heteroatoms. The molecule has 0 saturated carbocycles. The zero-order chi connectivity index (χ0) is 19.5. The molecule has 1 aromatic rings. The number of imide groups is 1. The van der Waals surface area contributed by atoms with Crippen molar-refractivity contribution in [2.45, 2.75) is 30.7 Å². The van der Waals surface area contributed by atoms with Crippen molar-refractivity contribution in [3.8, 4) is 0 Å². The van der Waals surface area contributed by atoms with Crippen molar-refractivity contribution in [2.75, 3.05) is 13.1 Å². The van der Waals surface area contributed by atoms with Gasteiger partial charge in [0.05, 0.1) is 22.9 Å². The van der Waals surface area contributed by atoms with E-state index >= 15 is 0 Å². The van der Waals surface area contributed by atoms with Crippen LogP contribution in [-0.2, 0) is 19.6 Å². The number of sulfonamides is 1. The lowest BCUT2D eigenvalue weighted by molar-refractivity contribution is -0.145. The van der Waals surface area contributed by atoms with E-state index in [1.807, 2.05) is 12.2 Å². The summed E-state index contributed by atoms with van der Waals surface area (Å²) < 4.78 is 27.0. The van der Waals surface area contributed by atoms with Crippen molar-refractivity contribution in [1.82, 2.24) is 9.21 Å². The lowest BCUT2D eigenvalue weighted by Crippen LogP contribution is -2.62. The highest BCUT2D eigenvalue weighted by Crippen LogP contribution is 2.39. The largest absolute Gasteiger partial charge is 0.276 e. The molecule has 27 heavy (non-hydrogen) atoms. The molecule has 4 rings (SSSR count). The van der Waals surface area contributed by atoms with Gasteiger partial charge in [0.25, 0.3) is 0 Å². The molecule has 1 aliphatic carbocycles. The van der Waals surface area contributed by atoms with Crippen LogP contribution in [0, 0.1) is 18.8 Å². The monoisotopic (exact) mass is 428 g/mol. The number of rotatable bonds is 3. The van der Waals surface area contributed by atoms with Crippen LogP contribution in [0.3, 0.4) is 0 Å². The van der Waals surface area contributed by atoms with Crippen molar-refractivity contribution in [3.63, 3.8) is 0 Å². The highest BCUT2D eigenvalue weighted by atomic mass is 35.5. The molecule has 144 valence electrons. The number of benzene rings is 1. The third kappa shape index (κ3) is 2.92. The summed E-state index contributed by atoms with van der Waals surface area (Å²) in [5.74, 6) is -0.975. The Morgan fingerprint density at radius 1 is 0.963 bits per heavy atom. The van der Waals surface area contributed by atoms with E-state index in [1.54, 1.807) is 6.92 Å². The van der Waals surface area contributed by atoms with Crippen LogP contribution >= 0.6 is 23.2 Å². The summed E-state index contributed by atoms with van der Waals surface area (Å²) in [4.78, 5) is 26.5. The van der Waals surface area contributed by atoms with E-state index in [1.165, 1.54) is 21.3 Å². The van der Waals surface area contributed by atoms with Crippen LogP contribution in [0.5, 0.6) is 0 Å². The SMILES string of the molecule is Cc1cc(S(=O)(=O)N2CC(N3C(=O)[C@H]4CC=CC[C@H]4C3=O)C2)c(Cl)cc1Cl. The molecule has 0 aromatic heterocycles. The van der Waals surface area contributed by atoms with Crippen LogP contribution < -0.4 is 0 Å². The smallest absolute Gasteiger partial charge is 0.244 e. The normalized spacial score (nSPS) is 26.4. The maximum atomic E-state index is 12.9. The quantitative estimate of drug-likeness (QED) is 0.547. The Balaban J connectivity index is 1.52. The van der Waals surface area contributed by atoms with Crippen molar-refractivity contribution in [2.24, 2.45) is 11.8 Å². The molecule has 2 atom stereocenters. The van der Waals surface area contributed by atoms with E-state index < -0.39 is 16.1 Å². The predicted molar refractivity (Wildman–Crippen MR) is 101 cm³/mol. The summed E-state index contributed by atoms with van der Waals surface area (Å²) in [7, 11) is -3.81. The van der Waals surface area contributed by atoms with E-state index in [0.717, 1.165) is 0 Å². The van der Waals surface area contributed by atoms with Gasteiger partial charge in [-0.05, 0) is 37.5 Å². The fourth-order valence-corrected chi connectivity index (χ4v) is 6.25. The Bertz CT molecular complexity index is 944. The molecule has 3 aliphatic rings. The number of carbonyl (C=O) groups is 2. The Labute approximate surface area is 167 Å². The maximum absolute atomic E-state index is 12.9. The van der Waals surface area contributed by atoms with Crippen molar-refractivity contribution in [1.29, 1.82) is 0 Å². The Kier molecular flexibility index (Phi) is 4.62. The van der Waals surface area contributed by atoms with Gasteiger partial charge in [-0.1, -0.05) is 35.4 Å². The number of hydrogen-bond donors (Lipinski definition) is 0. The zero-order valence-electron chi connectivity index (χ0n) is 14.6. The fraction of sp³-hybridized carbons (Fsp3) is 0.444. The molecule has 2 heterocycles. The number of likely N-dealkylation sites (tertiary alicyclic amines) is 1. The summed E-state index contributed by atoms with van der Waals surface area (Å²) in [6.07, 6.45) is 5.00. The Morgan fingerprint density at radius 3 is 2.07 bits per heavy atom. The predicted octanol–water partition coefficient (Wildman–Crippen LogP) is 2.63. The summed E-state index contributed by atoms with van der Waals surface area (Å²) in [5, 5.41) is 0.449. The Morgan fingerprint density at radius 2 is 1.52 bits per heavy atom. The number of carbonyl (C=O) groups excluding carboxylic acids is 2. The number of halogens is 2. The highest BCUT2D eigenvalue weighted by Gasteiger charge is 2.53. The van der Waals surface area contributed by atoms with Gasteiger partial charge in [-0.25, -0.2) is 8.42 Å². The third-order valence-corrected chi connectivity index (χ3v) is 8.27. The molecule has 6 nitrogen and oxygen atoms in total. The van der Waals surface area contributed by atoms with Crippen LogP contribution in [0.15, 0.2) is 29.2 Å². The van der Waals surface area contributed by atoms with Crippen LogP contribution in [0.1, 0.15) is 18.4 Å². The molecule has 1 aromatic carbocycles. The second-order valence-corrected chi connectivity index (χ2v) is 9.93. The maximum Gasteiger partial charge on any atom is 0.244 e. The molecule has 0 radical (unpaired) electrons. The van der Waals surface area contributed by atoms with Gasteiger partial charge in [-0.3, -0.25) is 14.5 Å². The van der Waals surface area contributed by atoms with Crippen molar-refractivity contribution >= 4 is 45.0 Å². The number of aryl methyl sites for hydroxylation is 1. The van der Waals surface area contributed by atoms with E-state index in [-0.39, 0.29) is 46.7 Å². The minimum Gasteiger partial charge on any atom is -0.276 e. The number of hydrogen-bond acceptors (Lipinski definition) is 4. The number of allylic oxidation sites excluding steroid dienone is 2. The third-order valence-electron chi connectivity index (χ3n) is 5.57. The lowest BCUT2D eigenvalue weighted by Gasteiger charge is -2.42. The molecule has 2 saturated heterocycles. The van der Waals surface area contributed by atoms with Gasteiger partial charge in [-0.15, -0.1) is 0 Å². The van der Waals surface area contributed by atoms with Crippen LogP contribution in [-0.4, -0.2) is 48.6 Å². The summed E-state index contributed by atoms with van der Waals surface area (Å²) in [6.45, 7) is 1.88. The first-order chi connectivity index (χ1) is 12.7. The summed E-state index contributed by atoms with van der Waals surface area (Å²) >= 11 is 12.1. The van der Waals surface area contributed by atoms with Gasteiger partial charge in [0.1, 0.15) is 4.90 Å². The van der Waals surface area contributed by atoms with Crippen molar-refractivity contribution < 1.29 is 18.0 Å². The lowest BCUT2D eigenvalue weighted by atomic mass is 9.85. The minimum absolute atomic E-state index is 0.0125. The van der Waals surface area contributed by atoms with Crippen LogP contribution in [0.4, 0.5) is 0 Å². The number of amides is 2. The first-order valence-electron chi connectivity index (χ1n) is 8.69. The molecule has 2 fully saturated rings. The van der Waals surface area contributed by atoms with Gasteiger partial charge in [0.2, 0.25) is 21.8 Å². The topological polar surface area (TPSA) is 74.8 Å². The van der Waals surface area contributed by atoms with E-state index in [0.29, 0.717) is 23.4 Å². The summed E-state index contributed by atoms with van der Waals surface area (Å²) in [6, 6.07) is 2.44. The van der Waals surface area contributed by atoms with Crippen LogP contribution in [0.25, 0.3) is 0 Å². The molecule has 0 N–H and O–H groups in total.